The monoisotopic (exact) mass is 240 g/mol. The van der Waals surface area contributed by atoms with Crippen LogP contribution in [0.5, 0.6) is 0 Å². The van der Waals surface area contributed by atoms with Gasteiger partial charge in [-0.25, -0.2) is 0 Å². The van der Waals surface area contributed by atoms with E-state index in [4.69, 9.17) is 0 Å². The summed E-state index contributed by atoms with van der Waals surface area (Å²) in [7, 11) is 0. The molecule has 0 spiro atoms. The number of benzene rings is 2. The highest BCUT2D eigenvalue weighted by Gasteiger charge is 2.18. The van der Waals surface area contributed by atoms with E-state index in [9.17, 15) is 9.90 Å². The van der Waals surface area contributed by atoms with Gasteiger partial charge in [-0.2, -0.15) is 0 Å². The van der Waals surface area contributed by atoms with E-state index in [1.165, 1.54) is 0 Å². The molecule has 0 aliphatic carbocycles. The van der Waals surface area contributed by atoms with E-state index in [-0.39, 0.29) is 5.78 Å². The second-order valence-corrected chi connectivity index (χ2v) is 4.54. The molecule has 1 N–H and O–H groups in total. The zero-order valence-corrected chi connectivity index (χ0v) is 10.6. The summed E-state index contributed by atoms with van der Waals surface area (Å²) in [5, 5.41) is 10.1. The number of Topliss-reactive ketones (excluding diaryl/α,β-unsaturated/α-hetero) is 1. The number of rotatable bonds is 3. The third-order valence-electron chi connectivity index (χ3n) is 2.98. The maximum absolute atomic E-state index is 12.1. The molecule has 92 valence electrons. The molecule has 0 bridgehead atoms. The van der Waals surface area contributed by atoms with Crippen LogP contribution in [-0.2, 0) is 0 Å². The smallest absolute Gasteiger partial charge is 0.195 e. The minimum atomic E-state index is -1.09. The molecule has 18 heavy (non-hydrogen) atoms. The largest absolute Gasteiger partial charge is 0.380 e. The fourth-order valence-corrected chi connectivity index (χ4v) is 1.78. The van der Waals surface area contributed by atoms with E-state index in [1.807, 2.05) is 38.1 Å². The van der Waals surface area contributed by atoms with Gasteiger partial charge in [-0.05, 0) is 19.4 Å². The van der Waals surface area contributed by atoms with Gasteiger partial charge in [0, 0.05) is 5.56 Å². The second kappa shape index (κ2) is 5.15. The van der Waals surface area contributed by atoms with Crippen molar-refractivity contribution in [2.45, 2.75) is 20.0 Å². The Morgan fingerprint density at radius 2 is 1.33 bits per heavy atom. The van der Waals surface area contributed by atoms with Crippen molar-refractivity contribution >= 4 is 5.78 Å². The van der Waals surface area contributed by atoms with Gasteiger partial charge in [0.2, 0.25) is 0 Å². The summed E-state index contributed by atoms with van der Waals surface area (Å²) in [5.41, 5.74) is 3.37. The van der Waals surface area contributed by atoms with Crippen LogP contribution in [-0.4, -0.2) is 10.9 Å². The standard InChI is InChI=1S/C16H16O2/c1-11-3-7-13(8-4-11)15(17)16(18)14-9-5-12(2)6-10-14/h3-10,15,17H,1-2H3/t15-/m1/s1. The predicted octanol–water partition coefficient (Wildman–Crippen LogP) is 3.22. The molecule has 0 radical (unpaired) electrons. The van der Waals surface area contributed by atoms with E-state index >= 15 is 0 Å². The lowest BCUT2D eigenvalue weighted by Crippen LogP contribution is -2.12. The number of aliphatic hydroxyl groups is 1. The molecule has 2 heteroatoms. The molecule has 2 aromatic rings. The van der Waals surface area contributed by atoms with Gasteiger partial charge in [-0.3, -0.25) is 4.79 Å². The lowest BCUT2D eigenvalue weighted by Gasteiger charge is -2.10. The van der Waals surface area contributed by atoms with Crippen molar-refractivity contribution in [1.29, 1.82) is 0 Å². The van der Waals surface area contributed by atoms with Crippen LogP contribution in [0, 0.1) is 13.8 Å². The van der Waals surface area contributed by atoms with Crippen LogP contribution in [0.15, 0.2) is 48.5 Å². The SMILES string of the molecule is Cc1ccc(C(=O)[C@H](O)c2ccc(C)cc2)cc1. The first kappa shape index (κ1) is 12.5. The van der Waals surface area contributed by atoms with Gasteiger partial charge in [0.15, 0.2) is 5.78 Å². The van der Waals surface area contributed by atoms with E-state index in [2.05, 4.69) is 0 Å². The number of carbonyl (C=O) groups excluding carboxylic acids is 1. The number of hydrogen-bond donors (Lipinski definition) is 1. The summed E-state index contributed by atoms with van der Waals surface area (Å²) >= 11 is 0. The van der Waals surface area contributed by atoms with E-state index in [0.29, 0.717) is 11.1 Å². The van der Waals surface area contributed by atoms with Crippen LogP contribution in [0.4, 0.5) is 0 Å². The highest BCUT2D eigenvalue weighted by molar-refractivity contribution is 5.99. The number of aryl methyl sites for hydroxylation is 2. The fraction of sp³-hybridized carbons (Fsp3) is 0.188. The molecule has 0 heterocycles. The van der Waals surface area contributed by atoms with Gasteiger partial charge >= 0.3 is 0 Å². The molecule has 0 saturated carbocycles. The highest BCUT2D eigenvalue weighted by Crippen LogP contribution is 2.19. The van der Waals surface area contributed by atoms with Crippen molar-refractivity contribution in [2.24, 2.45) is 0 Å². The number of aliphatic hydroxyl groups excluding tert-OH is 1. The van der Waals surface area contributed by atoms with Crippen molar-refractivity contribution in [3.63, 3.8) is 0 Å². The van der Waals surface area contributed by atoms with E-state index in [0.717, 1.165) is 11.1 Å². The average Bonchev–Trinajstić information content (AvgIpc) is 2.39. The molecule has 0 amide bonds. The predicted molar refractivity (Wildman–Crippen MR) is 71.6 cm³/mol. The molecular weight excluding hydrogens is 224 g/mol. The lowest BCUT2D eigenvalue weighted by molar-refractivity contribution is 0.0747. The molecule has 1 atom stereocenters. The molecule has 2 rings (SSSR count). The quantitative estimate of drug-likeness (QED) is 0.836. The van der Waals surface area contributed by atoms with Crippen molar-refractivity contribution in [2.75, 3.05) is 0 Å². The first-order chi connectivity index (χ1) is 8.58. The van der Waals surface area contributed by atoms with Crippen LogP contribution < -0.4 is 0 Å². The minimum Gasteiger partial charge on any atom is -0.380 e. The van der Waals surface area contributed by atoms with Crippen LogP contribution in [0.2, 0.25) is 0 Å². The normalized spacial score (nSPS) is 12.2. The topological polar surface area (TPSA) is 37.3 Å². The number of carbonyl (C=O) groups is 1. The van der Waals surface area contributed by atoms with Gasteiger partial charge in [-0.1, -0.05) is 59.7 Å². The zero-order valence-electron chi connectivity index (χ0n) is 10.6. The molecule has 0 aromatic heterocycles. The highest BCUT2D eigenvalue weighted by atomic mass is 16.3. The zero-order chi connectivity index (χ0) is 13.1. The maximum Gasteiger partial charge on any atom is 0.195 e. The van der Waals surface area contributed by atoms with Gasteiger partial charge in [-0.15, -0.1) is 0 Å². The van der Waals surface area contributed by atoms with Gasteiger partial charge in [0.25, 0.3) is 0 Å². The molecule has 0 aliphatic rings. The summed E-state index contributed by atoms with van der Waals surface area (Å²) in [6.45, 7) is 3.93. The summed E-state index contributed by atoms with van der Waals surface area (Å²) < 4.78 is 0. The van der Waals surface area contributed by atoms with Gasteiger partial charge in [0.05, 0.1) is 0 Å². The van der Waals surface area contributed by atoms with Crippen LogP contribution >= 0.6 is 0 Å². The lowest BCUT2D eigenvalue weighted by atomic mass is 9.98. The number of hydrogen-bond acceptors (Lipinski definition) is 2. The van der Waals surface area contributed by atoms with Gasteiger partial charge < -0.3 is 5.11 Å². The second-order valence-electron chi connectivity index (χ2n) is 4.54. The van der Waals surface area contributed by atoms with E-state index in [1.54, 1.807) is 24.3 Å². The molecule has 0 saturated heterocycles. The van der Waals surface area contributed by atoms with Crippen molar-refractivity contribution in [1.82, 2.24) is 0 Å². The van der Waals surface area contributed by atoms with Crippen molar-refractivity contribution < 1.29 is 9.90 Å². The number of ketones is 1. The fourth-order valence-electron chi connectivity index (χ4n) is 1.78. The Kier molecular flexibility index (Phi) is 3.58. The first-order valence-electron chi connectivity index (χ1n) is 5.93. The molecule has 2 aromatic carbocycles. The average molecular weight is 240 g/mol. The first-order valence-corrected chi connectivity index (χ1v) is 5.93. The van der Waals surface area contributed by atoms with Crippen LogP contribution in [0.25, 0.3) is 0 Å². The van der Waals surface area contributed by atoms with E-state index < -0.39 is 6.10 Å². The molecule has 0 fully saturated rings. The Hall–Kier alpha value is -1.93. The summed E-state index contributed by atoms with van der Waals surface area (Å²) in [5.74, 6) is -0.265. The Balaban J connectivity index is 2.23. The summed E-state index contributed by atoms with van der Waals surface area (Å²) in [6.07, 6.45) is -1.09. The Morgan fingerprint density at radius 3 is 1.83 bits per heavy atom. The Labute approximate surface area is 107 Å². The van der Waals surface area contributed by atoms with Crippen molar-refractivity contribution in [3.8, 4) is 0 Å². The molecule has 0 aliphatic heterocycles. The maximum atomic E-state index is 12.1. The third kappa shape index (κ3) is 2.66. The van der Waals surface area contributed by atoms with Crippen LogP contribution in [0.3, 0.4) is 0 Å². The molecule has 0 unspecified atom stereocenters. The van der Waals surface area contributed by atoms with Gasteiger partial charge in [0.1, 0.15) is 6.10 Å². The molecule has 2 nitrogen and oxygen atoms in total. The minimum absolute atomic E-state index is 0.265. The van der Waals surface area contributed by atoms with Crippen molar-refractivity contribution in [3.05, 3.63) is 70.8 Å². The Morgan fingerprint density at radius 1 is 0.889 bits per heavy atom. The molecular formula is C16H16O2. The van der Waals surface area contributed by atoms with Crippen LogP contribution in [0.1, 0.15) is 33.2 Å². The summed E-state index contributed by atoms with van der Waals surface area (Å²) in [4.78, 5) is 12.1. The third-order valence-corrected chi connectivity index (χ3v) is 2.98. The summed E-state index contributed by atoms with van der Waals surface area (Å²) in [6, 6.07) is 14.6. The Bertz CT molecular complexity index is 538.